The van der Waals surface area contributed by atoms with E-state index in [1.54, 1.807) is 0 Å². The van der Waals surface area contributed by atoms with Crippen molar-refractivity contribution in [3.63, 3.8) is 0 Å². The van der Waals surface area contributed by atoms with E-state index in [2.05, 4.69) is 208 Å². The first kappa shape index (κ1) is 85.8. The first-order valence-electron chi connectivity index (χ1n) is 35.9. The van der Waals surface area contributed by atoms with Gasteiger partial charge >= 0.3 is 19.8 Å². The van der Waals surface area contributed by atoms with E-state index in [4.69, 9.17) is 24.3 Å². The summed E-state index contributed by atoms with van der Waals surface area (Å²) in [5.41, 5.74) is 5.40. The van der Waals surface area contributed by atoms with E-state index in [1.807, 2.05) is 0 Å². The summed E-state index contributed by atoms with van der Waals surface area (Å²) in [6.07, 6.45) is 112. The number of esters is 2. The molecule has 0 radical (unpaired) electrons. The normalized spacial score (nSPS) is 14.1. The van der Waals surface area contributed by atoms with Crippen LogP contribution in [0, 0.1) is 0 Å². The van der Waals surface area contributed by atoms with E-state index in [0.717, 1.165) is 154 Å². The molecule has 0 heterocycles. The summed E-state index contributed by atoms with van der Waals surface area (Å²) in [4.78, 5) is 35.4. The van der Waals surface area contributed by atoms with Crippen LogP contribution in [-0.4, -0.2) is 49.3 Å². The molecule has 512 valence electrons. The molecule has 0 aromatic heterocycles. The van der Waals surface area contributed by atoms with Crippen molar-refractivity contribution in [2.45, 2.75) is 277 Å². The van der Waals surface area contributed by atoms with Crippen molar-refractivity contribution in [1.82, 2.24) is 0 Å². The Morgan fingerprint density at radius 2 is 0.571 bits per heavy atom. The number of hydrogen-bond acceptors (Lipinski definition) is 8. The van der Waals surface area contributed by atoms with Crippen molar-refractivity contribution >= 4 is 19.8 Å². The fourth-order valence-corrected chi connectivity index (χ4v) is 10.0. The summed E-state index contributed by atoms with van der Waals surface area (Å²) in [7, 11) is -4.41. The second kappa shape index (κ2) is 73.9. The minimum atomic E-state index is -4.41. The lowest BCUT2D eigenvalue weighted by atomic mass is 10.0. The number of nitrogens with two attached hydrogens (primary N) is 1. The molecule has 9 nitrogen and oxygen atoms in total. The van der Waals surface area contributed by atoms with Crippen LogP contribution in [-0.2, 0) is 32.7 Å². The maximum absolute atomic E-state index is 12.8. The Hall–Kier alpha value is -5.15. The standard InChI is InChI=1S/C81H130NO8P/c1-3-5-7-9-11-13-15-17-19-21-23-25-27-29-31-33-35-36-37-38-39-40-41-42-44-46-48-50-52-54-56-58-60-62-64-66-68-70-72-74-81(84)90-79(78-89-91(85,86)88-76-75-82)77-87-80(83)73-71-69-67-65-63-61-59-57-55-53-51-49-47-45-43-34-32-30-28-26-24-22-20-18-16-14-12-10-8-6-4-2/h5-8,11-14,17-20,23-26,29-32,35-36,38-39,41-42,46,48,52,54,58,60,79H,3-4,9-10,15-16,21-22,27-28,33-34,37,40,43-45,47,49-51,53,55-57,59,61-78,82H2,1-2H3,(H,85,86)/b7-5-,8-6-,13-11-,14-12-,19-17-,20-18-,25-23-,26-24-,31-29-,32-30-,36-35-,39-38-,42-41-,48-46-,54-52-,60-58-. The highest BCUT2D eigenvalue weighted by Gasteiger charge is 2.26. The molecule has 0 fully saturated rings. The summed E-state index contributed by atoms with van der Waals surface area (Å²) in [6, 6.07) is 0. The molecule has 0 aliphatic heterocycles. The fourth-order valence-electron chi connectivity index (χ4n) is 9.26. The van der Waals surface area contributed by atoms with Crippen molar-refractivity contribution in [3.8, 4) is 0 Å². The molecule has 0 aromatic carbocycles. The molecule has 0 saturated heterocycles. The van der Waals surface area contributed by atoms with Gasteiger partial charge in [0.15, 0.2) is 6.10 Å². The van der Waals surface area contributed by atoms with Crippen molar-refractivity contribution in [2.75, 3.05) is 26.4 Å². The van der Waals surface area contributed by atoms with Gasteiger partial charge in [-0.1, -0.05) is 311 Å². The molecule has 0 aliphatic carbocycles. The molecule has 0 aromatic rings. The van der Waals surface area contributed by atoms with Gasteiger partial charge in [0.2, 0.25) is 0 Å². The number of ether oxygens (including phenoxy) is 2. The molecule has 91 heavy (non-hydrogen) atoms. The van der Waals surface area contributed by atoms with E-state index >= 15 is 0 Å². The lowest BCUT2D eigenvalue weighted by Crippen LogP contribution is -2.29. The van der Waals surface area contributed by atoms with Crippen LogP contribution in [0.4, 0.5) is 0 Å². The number of allylic oxidation sites excluding steroid dienone is 32. The molecule has 2 atom stereocenters. The highest BCUT2D eigenvalue weighted by atomic mass is 31.2. The maximum atomic E-state index is 12.8. The SMILES string of the molecule is CC/C=C\C/C=C\C/C=C\C/C=C\C/C=C\C/C=C\C/C=C\C/C=C\C/C=C\C/C=C\C/C=C\CCCCCCCC(=O)OC(COC(=O)CCCCCCCCCCCCCCCCC/C=C\C/C=C\C/C=C\C/C=C\C/C=C\CC)COP(=O)(O)OCCN. The number of phosphoric acid groups is 1. The molecule has 0 aliphatic rings. The number of hydrogen-bond donors (Lipinski definition) is 2. The Morgan fingerprint density at radius 1 is 0.330 bits per heavy atom. The topological polar surface area (TPSA) is 134 Å². The molecular weight excluding hydrogens is 1150 g/mol. The van der Waals surface area contributed by atoms with Crippen LogP contribution in [0.1, 0.15) is 271 Å². The number of rotatable bonds is 65. The van der Waals surface area contributed by atoms with Crippen LogP contribution >= 0.6 is 7.82 Å². The minimum Gasteiger partial charge on any atom is -0.462 e. The lowest BCUT2D eigenvalue weighted by Gasteiger charge is -2.19. The van der Waals surface area contributed by atoms with Gasteiger partial charge in [0.05, 0.1) is 13.2 Å². The van der Waals surface area contributed by atoms with E-state index in [1.165, 1.54) is 83.5 Å². The van der Waals surface area contributed by atoms with Gasteiger partial charge in [-0.2, -0.15) is 0 Å². The van der Waals surface area contributed by atoms with Crippen LogP contribution in [0.2, 0.25) is 0 Å². The van der Waals surface area contributed by atoms with Crippen LogP contribution < -0.4 is 5.73 Å². The average molecular weight is 1280 g/mol. The second-order valence-electron chi connectivity index (χ2n) is 23.0. The summed E-state index contributed by atoms with van der Waals surface area (Å²) in [5, 5.41) is 0. The molecule has 10 heteroatoms. The summed E-state index contributed by atoms with van der Waals surface area (Å²) < 4.78 is 33.2. The largest absolute Gasteiger partial charge is 0.472 e. The second-order valence-corrected chi connectivity index (χ2v) is 24.4. The predicted octanol–water partition coefficient (Wildman–Crippen LogP) is 24.1. The Kier molecular flexibility index (Phi) is 69.7. The highest BCUT2D eigenvalue weighted by molar-refractivity contribution is 7.47. The third-order valence-electron chi connectivity index (χ3n) is 14.5. The number of carbonyl (C=O) groups is 2. The summed E-state index contributed by atoms with van der Waals surface area (Å²) >= 11 is 0. The van der Waals surface area contributed by atoms with Crippen molar-refractivity contribution in [2.24, 2.45) is 5.73 Å². The zero-order chi connectivity index (χ0) is 65.8. The molecule has 0 bridgehead atoms. The Balaban J connectivity index is 4.00. The molecular formula is C81H130NO8P. The zero-order valence-corrected chi connectivity index (χ0v) is 58.4. The van der Waals surface area contributed by atoms with Gasteiger partial charge in [0.1, 0.15) is 6.61 Å². The predicted molar refractivity (Wildman–Crippen MR) is 394 cm³/mol. The van der Waals surface area contributed by atoms with Crippen LogP contribution in [0.5, 0.6) is 0 Å². The lowest BCUT2D eigenvalue weighted by molar-refractivity contribution is -0.161. The first-order chi connectivity index (χ1) is 44.8. The molecule has 0 rings (SSSR count). The smallest absolute Gasteiger partial charge is 0.462 e. The molecule has 0 spiro atoms. The summed E-state index contributed by atoms with van der Waals surface area (Å²) in [5.74, 6) is -0.859. The third kappa shape index (κ3) is 73.8. The number of carbonyl (C=O) groups excluding carboxylic acids is 2. The first-order valence-corrected chi connectivity index (χ1v) is 37.4. The van der Waals surface area contributed by atoms with E-state index < -0.39 is 32.5 Å². The van der Waals surface area contributed by atoms with Crippen LogP contribution in [0.15, 0.2) is 194 Å². The quantitative estimate of drug-likeness (QED) is 0.0264. The highest BCUT2D eigenvalue weighted by Crippen LogP contribution is 2.43. The van der Waals surface area contributed by atoms with Crippen molar-refractivity contribution in [3.05, 3.63) is 194 Å². The van der Waals surface area contributed by atoms with E-state index in [0.29, 0.717) is 6.42 Å². The van der Waals surface area contributed by atoms with Gasteiger partial charge in [0.25, 0.3) is 0 Å². The van der Waals surface area contributed by atoms with Crippen molar-refractivity contribution < 1.29 is 37.6 Å². The zero-order valence-electron chi connectivity index (χ0n) is 57.5. The maximum Gasteiger partial charge on any atom is 0.472 e. The Labute approximate surface area is 557 Å². The van der Waals surface area contributed by atoms with E-state index in [-0.39, 0.29) is 32.6 Å². The Morgan fingerprint density at radius 3 is 0.846 bits per heavy atom. The Bertz CT molecular complexity index is 2200. The molecule has 0 amide bonds. The molecule has 2 unspecified atom stereocenters. The summed E-state index contributed by atoms with van der Waals surface area (Å²) in [6.45, 7) is 3.49. The average Bonchev–Trinajstić information content (AvgIpc) is 3.71. The van der Waals surface area contributed by atoms with Gasteiger partial charge in [-0.25, -0.2) is 4.57 Å². The van der Waals surface area contributed by atoms with Gasteiger partial charge in [-0.15, -0.1) is 0 Å². The van der Waals surface area contributed by atoms with Gasteiger partial charge in [-0.3, -0.25) is 18.6 Å². The molecule has 0 saturated carbocycles. The van der Waals surface area contributed by atoms with Gasteiger partial charge < -0.3 is 20.1 Å². The van der Waals surface area contributed by atoms with Crippen molar-refractivity contribution in [1.29, 1.82) is 0 Å². The van der Waals surface area contributed by atoms with Crippen LogP contribution in [0.3, 0.4) is 0 Å². The minimum absolute atomic E-state index is 0.0406. The van der Waals surface area contributed by atoms with Crippen LogP contribution in [0.25, 0.3) is 0 Å². The number of unbranched alkanes of at least 4 members (excludes halogenated alkanes) is 20. The molecule has 3 N–H and O–H groups in total. The number of phosphoric ester groups is 1. The fraction of sp³-hybridized carbons (Fsp3) is 0.580. The van der Waals surface area contributed by atoms with Gasteiger partial charge in [0, 0.05) is 19.4 Å². The van der Waals surface area contributed by atoms with E-state index in [9.17, 15) is 19.0 Å². The monoisotopic (exact) mass is 1280 g/mol. The van der Waals surface area contributed by atoms with Gasteiger partial charge in [-0.05, 0) is 141 Å². The third-order valence-corrected chi connectivity index (χ3v) is 15.5.